The predicted octanol–water partition coefficient (Wildman–Crippen LogP) is 5.40. The molecule has 5 nitrogen and oxygen atoms in total. The summed E-state index contributed by atoms with van der Waals surface area (Å²) in [6, 6.07) is 20.4. The lowest BCUT2D eigenvalue weighted by Gasteiger charge is -2.17. The number of nitrogens with zero attached hydrogens (tertiary/aromatic N) is 1. The summed E-state index contributed by atoms with van der Waals surface area (Å²) in [6.07, 6.45) is 0. The Labute approximate surface area is 191 Å². The average Bonchev–Trinajstić information content (AvgIpc) is 3.05. The summed E-state index contributed by atoms with van der Waals surface area (Å²) in [4.78, 5) is 29.7. The van der Waals surface area contributed by atoms with Crippen LogP contribution in [0.5, 0.6) is 11.5 Å². The number of aryl methyl sites for hydroxylation is 2. The largest absolute Gasteiger partial charge is 0.493 e. The molecule has 32 heavy (non-hydrogen) atoms. The third-order valence-electron chi connectivity index (χ3n) is 5.43. The molecule has 0 atom stereocenters. The van der Waals surface area contributed by atoms with Gasteiger partial charge in [-0.3, -0.25) is 9.59 Å². The molecule has 2 amide bonds. The van der Waals surface area contributed by atoms with E-state index in [9.17, 15) is 9.59 Å². The molecular weight excluding hydrogens is 422 g/mol. The number of carbonyl (C=O) groups excluding carboxylic acids is 2. The van der Waals surface area contributed by atoms with Crippen molar-refractivity contribution in [2.24, 2.45) is 0 Å². The minimum atomic E-state index is -0.357. The first-order chi connectivity index (χ1) is 15.4. The zero-order valence-corrected chi connectivity index (χ0v) is 19.2. The number of thioether (sulfide) groups is 1. The van der Waals surface area contributed by atoms with E-state index < -0.39 is 0 Å². The molecule has 0 aromatic heterocycles. The topological polar surface area (TPSA) is 55.8 Å². The van der Waals surface area contributed by atoms with Gasteiger partial charge in [-0.25, -0.2) is 4.90 Å². The summed E-state index contributed by atoms with van der Waals surface area (Å²) < 4.78 is 10.7. The van der Waals surface area contributed by atoms with Crippen LogP contribution in [-0.4, -0.2) is 26.0 Å². The highest BCUT2D eigenvalue weighted by Gasteiger charge is 2.40. The van der Waals surface area contributed by atoms with E-state index in [1.807, 2.05) is 62.4 Å². The summed E-state index contributed by atoms with van der Waals surface area (Å²) in [7, 11) is 3.06. The van der Waals surface area contributed by atoms with Crippen LogP contribution in [-0.2, 0) is 9.59 Å². The van der Waals surface area contributed by atoms with E-state index in [0.717, 1.165) is 21.6 Å². The first-order valence-corrected chi connectivity index (χ1v) is 10.9. The van der Waals surface area contributed by atoms with Gasteiger partial charge in [-0.15, -0.1) is 0 Å². The highest BCUT2D eigenvalue weighted by atomic mass is 32.2. The fourth-order valence-corrected chi connectivity index (χ4v) is 4.58. The summed E-state index contributed by atoms with van der Waals surface area (Å²) >= 11 is 1.30. The lowest BCUT2D eigenvalue weighted by molar-refractivity contribution is -0.119. The Hall–Kier alpha value is -3.51. The third kappa shape index (κ3) is 3.89. The van der Waals surface area contributed by atoms with Crippen molar-refractivity contribution in [2.45, 2.75) is 18.7 Å². The van der Waals surface area contributed by atoms with Gasteiger partial charge in [0.15, 0.2) is 11.5 Å². The molecule has 0 fully saturated rings. The maximum atomic E-state index is 13.6. The highest BCUT2D eigenvalue weighted by Crippen LogP contribution is 2.43. The maximum Gasteiger partial charge on any atom is 0.272 e. The van der Waals surface area contributed by atoms with Gasteiger partial charge in [0, 0.05) is 11.0 Å². The second-order valence-electron chi connectivity index (χ2n) is 7.40. The summed E-state index contributed by atoms with van der Waals surface area (Å²) in [6.45, 7) is 4.02. The fourth-order valence-electron chi connectivity index (χ4n) is 3.56. The minimum absolute atomic E-state index is 0.357. The van der Waals surface area contributed by atoms with E-state index in [0.29, 0.717) is 27.7 Å². The maximum absolute atomic E-state index is 13.6. The van der Waals surface area contributed by atoms with Gasteiger partial charge in [0.25, 0.3) is 11.8 Å². The van der Waals surface area contributed by atoms with Gasteiger partial charge in [-0.1, -0.05) is 48.2 Å². The van der Waals surface area contributed by atoms with Gasteiger partial charge in [-0.2, -0.15) is 0 Å². The van der Waals surface area contributed by atoms with Crippen LogP contribution in [0.15, 0.2) is 76.5 Å². The van der Waals surface area contributed by atoms with Crippen molar-refractivity contribution in [3.05, 3.63) is 88.3 Å². The molecule has 1 heterocycles. The Morgan fingerprint density at radius 1 is 0.750 bits per heavy atom. The van der Waals surface area contributed by atoms with E-state index >= 15 is 0 Å². The number of amides is 2. The molecular formula is C26H23NO4S. The number of hydrogen-bond donors (Lipinski definition) is 0. The molecule has 1 aliphatic heterocycles. The van der Waals surface area contributed by atoms with Gasteiger partial charge >= 0.3 is 0 Å². The molecule has 0 radical (unpaired) electrons. The van der Waals surface area contributed by atoms with Crippen molar-refractivity contribution in [2.75, 3.05) is 19.1 Å². The van der Waals surface area contributed by atoms with Crippen LogP contribution >= 0.6 is 11.8 Å². The van der Waals surface area contributed by atoms with Gasteiger partial charge in [0.05, 0.1) is 30.4 Å². The zero-order valence-electron chi connectivity index (χ0n) is 18.3. The van der Waals surface area contributed by atoms with E-state index in [4.69, 9.17) is 9.47 Å². The molecule has 0 aliphatic carbocycles. The van der Waals surface area contributed by atoms with Crippen LogP contribution in [0.2, 0.25) is 0 Å². The molecule has 162 valence electrons. The SMILES string of the molecule is COc1ccc(N2C(=O)C(Sc3ccccc3)=C(c3ccc(C)c(C)c3)C2=O)cc1OC. The number of hydrogen-bond acceptors (Lipinski definition) is 5. The molecule has 4 rings (SSSR count). The van der Waals surface area contributed by atoms with Crippen molar-refractivity contribution in [1.82, 2.24) is 0 Å². The second kappa shape index (κ2) is 8.93. The van der Waals surface area contributed by atoms with Crippen LogP contribution in [0.4, 0.5) is 5.69 Å². The fraction of sp³-hybridized carbons (Fsp3) is 0.154. The van der Waals surface area contributed by atoms with Crippen molar-refractivity contribution in [1.29, 1.82) is 0 Å². The average molecular weight is 446 g/mol. The number of rotatable bonds is 6. The van der Waals surface area contributed by atoms with Crippen molar-refractivity contribution in [3.63, 3.8) is 0 Å². The smallest absolute Gasteiger partial charge is 0.272 e. The Bertz CT molecular complexity index is 1230. The van der Waals surface area contributed by atoms with E-state index in [-0.39, 0.29) is 11.8 Å². The zero-order chi connectivity index (χ0) is 22.8. The Morgan fingerprint density at radius 3 is 2.12 bits per heavy atom. The lowest BCUT2D eigenvalue weighted by Crippen LogP contribution is -2.31. The first kappa shape index (κ1) is 21.7. The summed E-state index contributed by atoms with van der Waals surface area (Å²) in [5, 5.41) is 0. The van der Waals surface area contributed by atoms with Crippen LogP contribution in [0.1, 0.15) is 16.7 Å². The van der Waals surface area contributed by atoms with Gasteiger partial charge < -0.3 is 9.47 Å². The number of carbonyl (C=O) groups is 2. The molecule has 6 heteroatoms. The van der Waals surface area contributed by atoms with Gasteiger partial charge in [-0.05, 0) is 54.8 Å². The van der Waals surface area contributed by atoms with E-state index in [1.165, 1.54) is 30.9 Å². The normalized spacial score (nSPS) is 13.7. The highest BCUT2D eigenvalue weighted by molar-refractivity contribution is 8.04. The van der Waals surface area contributed by atoms with Crippen LogP contribution in [0.25, 0.3) is 5.57 Å². The molecule has 0 bridgehead atoms. The Balaban J connectivity index is 1.83. The standard InChI is InChI=1S/C26H23NO4S/c1-16-10-11-18(14-17(16)2)23-24(32-20-8-6-5-7-9-20)26(29)27(25(23)28)19-12-13-21(30-3)22(15-19)31-4/h5-15H,1-4H3. The Morgan fingerprint density at radius 2 is 1.47 bits per heavy atom. The van der Waals surface area contributed by atoms with Crippen LogP contribution in [0, 0.1) is 13.8 Å². The molecule has 0 saturated carbocycles. The molecule has 1 aliphatic rings. The first-order valence-electron chi connectivity index (χ1n) is 10.1. The molecule has 0 N–H and O–H groups in total. The van der Waals surface area contributed by atoms with Crippen LogP contribution < -0.4 is 14.4 Å². The Kier molecular flexibility index (Phi) is 6.06. The molecule has 0 spiro atoms. The number of ether oxygens (including phenoxy) is 2. The number of imide groups is 1. The third-order valence-corrected chi connectivity index (χ3v) is 6.52. The predicted molar refractivity (Wildman–Crippen MR) is 127 cm³/mol. The molecule has 0 saturated heterocycles. The van der Waals surface area contributed by atoms with E-state index in [1.54, 1.807) is 18.2 Å². The summed E-state index contributed by atoms with van der Waals surface area (Å²) in [5.41, 5.74) is 3.75. The second-order valence-corrected chi connectivity index (χ2v) is 8.49. The van der Waals surface area contributed by atoms with Crippen LogP contribution in [0.3, 0.4) is 0 Å². The summed E-state index contributed by atoms with van der Waals surface area (Å²) in [5.74, 6) is 0.257. The van der Waals surface area contributed by atoms with Crippen molar-refractivity contribution >= 4 is 34.8 Å². The monoisotopic (exact) mass is 445 g/mol. The lowest BCUT2D eigenvalue weighted by atomic mass is 10.0. The van der Waals surface area contributed by atoms with Gasteiger partial charge in [0.1, 0.15) is 0 Å². The quantitative estimate of drug-likeness (QED) is 0.476. The minimum Gasteiger partial charge on any atom is -0.493 e. The number of anilines is 1. The van der Waals surface area contributed by atoms with Gasteiger partial charge in [0.2, 0.25) is 0 Å². The molecule has 3 aromatic rings. The molecule has 0 unspecified atom stereocenters. The van der Waals surface area contributed by atoms with Crippen molar-refractivity contribution < 1.29 is 19.1 Å². The number of benzene rings is 3. The number of methoxy groups -OCH3 is 2. The van der Waals surface area contributed by atoms with Crippen molar-refractivity contribution in [3.8, 4) is 11.5 Å². The van der Waals surface area contributed by atoms with E-state index in [2.05, 4.69) is 0 Å². The molecule has 3 aromatic carbocycles.